The third-order valence-corrected chi connectivity index (χ3v) is 3.34. The largest absolute Gasteiger partial charge is 0.398 e. The molecule has 0 radical (unpaired) electrons. The molecule has 0 unspecified atom stereocenters. The van der Waals surface area contributed by atoms with Crippen molar-refractivity contribution in [2.24, 2.45) is 0 Å². The average Bonchev–Trinajstić information content (AvgIpc) is 2.92. The van der Waals surface area contributed by atoms with Crippen LogP contribution in [-0.4, -0.2) is 41.5 Å². The molecule has 0 saturated carbocycles. The highest BCUT2D eigenvalue weighted by Gasteiger charge is 2.13. The van der Waals surface area contributed by atoms with Crippen LogP contribution in [0.3, 0.4) is 0 Å². The number of aryl methyl sites for hydroxylation is 1. The second kappa shape index (κ2) is 6.45. The first-order valence-electron chi connectivity index (χ1n) is 6.68. The van der Waals surface area contributed by atoms with E-state index in [0.717, 1.165) is 22.5 Å². The maximum Gasteiger partial charge on any atom is 0.0606 e. The summed E-state index contributed by atoms with van der Waals surface area (Å²) in [6, 6.07) is 7.82. The van der Waals surface area contributed by atoms with E-state index >= 15 is 0 Å². The lowest BCUT2D eigenvalue weighted by Gasteiger charge is -2.26. The van der Waals surface area contributed by atoms with E-state index in [1.54, 1.807) is 0 Å². The number of aliphatic hydroxyl groups excluding tert-OH is 2. The number of nitrogens with zero attached hydrogens (tertiary/aromatic N) is 1. The number of nitrogens with one attached hydrogen (secondary N) is 1. The van der Waals surface area contributed by atoms with Crippen LogP contribution < -0.4 is 10.6 Å². The van der Waals surface area contributed by atoms with Gasteiger partial charge in [-0.1, -0.05) is 0 Å². The van der Waals surface area contributed by atoms with E-state index in [-0.39, 0.29) is 13.2 Å². The van der Waals surface area contributed by atoms with Crippen molar-refractivity contribution >= 4 is 11.4 Å². The summed E-state index contributed by atoms with van der Waals surface area (Å²) in [4.78, 5) is 5.11. The SMILES string of the molecule is Cc1cc(N)c(-c2ccc[nH]2)cc1N(CCO)CCO. The lowest BCUT2D eigenvalue weighted by atomic mass is 10.0. The molecule has 108 valence electrons. The van der Waals surface area contributed by atoms with Crippen molar-refractivity contribution in [1.82, 2.24) is 4.98 Å². The predicted octanol–water partition coefficient (Wildman–Crippen LogP) is 1.36. The molecule has 0 spiro atoms. The van der Waals surface area contributed by atoms with Crippen LogP contribution in [0.4, 0.5) is 11.4 Å². The van der Waals surface area contributed by atoms with Gasteiger partial charge in [0.25, 0.3) is 0 Å². The summed E-state index contributed by atoms with van der Waals surface area (Å²) in [6.45, 7) is 3.03. The molecule has 5 nitrogen and oxygen atoms in total. The summed E-state index contributed by atoms with van der Waals surface area (Å²) in [5.74, 6) is 0. The van der Waals surface area contributed by atoms with Crippen molar-refractivity contribution in [3.05, 3.63) is 36.0 Å². The zero-order chi connectivity index (χ0) is 14.5. The number of hydrogen-bond donors (Lipinski definition) is 4. The van der Waals surface area contributed by atoms with Crippen molar-refractivity contribution in [3.63, 3.8) is 0 Å². The van der Waals surface area contributed by atoms with Gasteiger partial charge in [-0.2, -0.15) is 0 Å². The van der Waals surface area contributed by atoms with E-state index in [1.165, 1.54) is 0 Å². The van der Waals surface area contributed by atoms with Gasteiger partial charge in [0.15, 0.2) is 0 Å². The van der Waals surface area contributed by atoms with Crippen LogP contribution in [0.15, 0.2) is 30.5 Å². The summed E-state index contributed by atoms with van der Waals surface area (Å²) in [5, 5.41) is 18.3. The Bertz CT molecular complexity index is 546. The lowest BCUT2D eigenvalue weighted by molar-refractivity contribution is 0.281. The molecule has 2 aromatic rings. The van der Waals surface area contributed by atoms with Crippen LogP contribution in [0.2, 0.25) is 0 Å². The quantitative estimate of drug-likeness (QED) is 0.600. The molecule has 1 aromatic heterocycles. The Morgan fingerprint density at radius 3 is 2.45 bits per heavy atom. The van der Waals surface area contributed by atoms with Crippen LogP contribution in [0.25, 0.3) is 11.3 Å². The molecule has 0 aliphatic heterocycles. The van der Waals surface area contributed by atoms with Gasteiger partial charge >= 0.3 is 0 Å². The number of rotatable bonds is 6. The molecular formula is C15H21N3O2. The van der Waals surface area contributed by atoms with Gasteiger partial charge < -0.3 is 25.8 Å². The van der Waals surface area contributed by atoms with E-state index in [0.29, 0.717) is 18.8 Å². The highest BCUT2D eigenvalue weighted by atomic mass is 16.3. The Balaban J connectivity index is 2.44. The molecule has 0 atom stereocenters. The van der Waals surface area contributed by atoms with Gasteiger partial charge in [-0.3, -0.25) is 0 Å². The number of hydrogen-bond acceptors (Lipinski definition) is 4. The van der Waals surface area contributed by atoms with Gasteiger partial charge in [0, 0.05) is 41.9 Å². The van der Waals surface area contributed by atoms with E-state index in [4.69, 9.17) is 15.9 Å². The normalized spacial score (nSPS) is 10.8. The minimum Gasteiger partial charge on any atom is -0.398 e. The Labute approximate surface area is 118 Å². The fourth-order valence-corrected chi connectivity index (χ4v) is 2.38. The molecular weight excluding hydrogens is 254 g/mol. The number of H-pyrrole nitrogens is 1. The zero-order valence-corrected chi connectivity index (χ0v) is 11.6. The molecule has 2 rings (SSSR count). The van der Waals surface area contributed by atoms with E-state index < -0.39 is 0 Å². The predicted molar refractivity (Wildman–Crippen MR) is 81.8 cm³/mol. The van der Waals surface area contributed by atoms with Crippen molar-refractivity contribution in [2.75, 3.05) is 36.9 Å². The third kappa shape index (κ3) is 2.95. The maximum absolute atomic E-state index is 9.17. The van der Waals surface area contributed by atoms with Crippen molar-refractivity contribution in [3.8, 4) is 11.3 Å². The maximum atomic E-state index is 9.17. The van der Waals surface area contributed by atoms with Crippen LogP contribution in [-0.2, 0) is 0 Å². The van der Waals surface area contributed by atoms with Gasteiger partial charge in [-0.25, -0.2) is 0 Å². The molecule has 5 N–H and O–H groups in total. The van der Waals surface area contributed by atoms with Gasteiger partial charge in [-0.05, 0) is 36.8 Å². The monoisotopic (exact) mass is 275 g/mol. The fraction of sp³-hybridized carbons (Fsp3) is 0.333. The second-order valence-corrected chi connectivity index (χ2v) is 4.74. The van der Waals surface area contributed by atoms with Crippen molar-refractivity contribution in [2.45, 2.75) is 6.92 Å². The van der Waals surface area contributed by atoms with Crippen molar-refractivity contribution in [1.29, 1.82) is 0 Å². The molecule has 0 aliphatic rings. The van der Waals surface area contributed by atoms with Crippen LogP contribution in [0, 0.1) is 6.92 Å². The summed E-state index contributed by atoms with van der Waals surface area (Å²) >= 11 is 0. The van der Waals surface area contributed by atoms with Crippen LogP contribution >= 0.6 is 0 Å². The van der Waals surface area contributed by atoms with Crippen LogP contribution in [0.1, 0.15) is 5.56 Å². The first kappa shape index (κ1) is 14.4. The minimum absolute atomic E-state index is 0.0433. The van der Waals surface area contributed by atoms with E-state index in [1.807, 2.05) is 42.3 Å². The van der Waals surface area contributed by atoms with Gasteiger partial charge in [0.2, 0.25) is 0 Å². The molecule has 5 heteroatoms. The number of anilines is 2. The lowest BCUT2D eigenvalue weighted by Crippen LogP contribution is -2.30. The molecule has 0 aliphatic carbocycles. The molecule has 20 heavy (non-hydrogen) atoms. The Morgan fingerprint density at radius 1 is 1.20 bits per heavy atom. The number of aromatic nitrogens is 1. The van der Waals surface area contributed by atoms with E-state index in [2.05, 4.69) is 4.98 Å². The first-order chi connectivity index (χ1) is 9.67. The Morgan fingerprint density at radius 2 is 1.90 bits per heavy atom. The molecule has 1 heterocycles. The van der Waals surface area contributed by atoms with Crippen LogP contribution in [0.5, 0.6) is 0 Å². The van der Waals surface area contributed by atoms with Gasteiger partial charge in [-0.15, -0.1) is 0 Å². The molecule has 0 saturated heterocycles. The number of nitrogen functional groups attached to an aromatic ring is 1. The number of aliphatic hydroxyl groups is 2. The third-order valence-electron chi connectivity index (χ3n) is 3.34. The number of benzene rings is 1. The molecule has 0 amide bonds. The zero-order valence-electron chi connectivity index (χ0n) is 11.6. The topological polar surface area (TPSA) is 85.5 Å². The highest BCUT2D eigenvalue weighted by molar-refractivity contribution is 5.79. The molecule has 1 aromatic carbocycles. The standard InChI is InChI=1S/C15H21N3O2/c1-11-9-13(16)12(14-3-2-4-17-14)10-15(11)18(5-7-19)6-8-20/h2-4,9-10,17,19-20H,5-8,16H2,1H3. The van der Waals surface area contributed by atoms with Crippen molar-refractivity contribution < 1.29 is 10.2 Å². The minimum atomic E-state index is 0.0433. The fourth-order valence-electron chi connectivity index (χ4n) is 2.38. The summed E-state index contributed by atoms with van der Waals surface area (Å²) in [7, 11) is 0. The molecule has 0 fully saturated rings. The Kier molecular flexibility index (Phi) is 4.65. The summed E-state index contributed by atoms with van der Waals surface area (Å²) in [5.41, 5.74) is 10.7. The number of aromatic amines is 1. The number of nitrogens with two attached hydrogens (primary N) is 1. The average molecular weight is 275 g/mol. The first-order valence-corrected chi connectivity index (χ1v) is 6.68. The highest BCUT2D eigenvalue weighted by Crippen LogP contribution is 2.32. The van der Waals surface area contributed by atoms with Gasteiger partial charge in [0.1, 0.15) is 0 Å². The Hall–Kier alpha value is -1.98. The summed E-state index contributed by atoms with van der Waals surface area (Å²) < 4.78 is 0. The smallest absolute Gasteiger partial charge is 0.0606 e. The van der Waals surface area contributed by atoms with Gasteiger partial charge in [0.05, 0.1) is 13.2 Å². The summed E-state index contributed by atoms with van der Waals surface area (Å²) in [6.07, 6.45) is 1.85. The second-order valence-electron chi connectivity index (χ2n) is 4.74. The van der Waals surface area contributed by atoms with E-state index in [9.17, 15) is 0 Å². The molecule has 0 bridgehead atoms.